The van der Waals surface area contributed by atoms with E-state index in [0.717, 1.165) is 44.1 Å². The predicted octanol–water partition coefficient (Wildman–Crippen LogP) is 2.20. The van der Waals surface area contributed by atoms with E-state index in [0.29, 0.717) is 18.9 Å². The molecule has 1 fully saturated rings. The maximum atomic E-state index is 11.4. The van der Waals surface area contributed by atoms with Crippen LogP contribution in [0, 0.1) is 5.92 Å². The molecule has 0 aromatic heterocycles. The van der Waals surface area contributed by atoms with Crippen LogP contribution in [0.25, 0.3) is 0 Å². The Morgan fingerprint density at radius 2 is 1.95 bits per heavy atom. The molecule has 0 bridgehead atoms. The van der Waals surface area contributed by atoms with Gasteiger partial charge in [0.1, 0.15) is 5.75 Å². The van der Waals surface area contributed by atoms with E-state index in [1.807, 2.05) is 24.3 Å². The molecule has 1 saturated heterocycles. The molecule has 0 saturated carbocycles. The number of benzene rings is 1. The zero-order valence-electron chi connectivity index (χ0n) is 12.0. The average Bonchev–Trinajstić information content (AvgIpc) is 2.48. The van der Waals surface area contributed by atoms with E-state index in [-0.39, 0.29) is 18.3 Å². The number of nitrogens with two attached hydrogens (primary N) is 1. The van der Waals surface area contributed by atoms with E-state index in [9.17, 15) is 4.79 Å². The van der Waals surface area contributed by atoms with E-state index in [1.165, 1.54) is 0 Å². The molecule has 1 amide bonds. The highest BCUT2D eigenvalue weighted by molar-refractivity contribution is 5.90. The number of anilines is 1. The second kappa shape index (κ2) is 9.60. The van der Waals surface area contributed by atoms with Gasteiger partial charge in [-0.25, -0.2) is 0 Å². The fourth-order valence-corrected chi connectivity index (χ4v) is 2.12. The van der Waals surface area contributed by atoms with Crippen molar-refractivity contribution in [3.05, 3.63) is 24.3 Å². The molecule has 1 aliphatic heterocycles. The molecule has 118 valence electrons. The van der Waals surface area contributed by atoms with Gasteiger partial charge in [-0.15, -0.1) is 12.4 Å². The highest BCUT2D eigenvalue weighted by Crippen LogP contribution is 2.19. The Morgan fingerprint density at radius 3 is 2.57 bits per heavy atom. The van der Waals surface area contributed by atoms with Gasteiger partial charge in [-0.05, 0) is 43.0 Å². The summed E-state index contributed by atoms with van der Waals surface area (Å²) in [5.74, 6) is 1.34. The van der Waals surface area contributed by atoms with Crippen LogP contribution in [0.2, 0.25) is 0 Å². The number of hydrogen-bond acceptors (Lipinski definition) is 4. The average molecular weight is 315 g/mol. The predicted molar refractivity (Wildman–Crippen MR) is 85.0 cm³/mol. The minimum atomic E-state index is -0.0663. The lowest BCUT2D eigenvalue weighted by Gasteiger charge is -2.22. The molecule has 6 heteroatoms. The molecule has 5 nitrogen and oxygen atoms in total. The van der Waals surface area contributed by atoms with Crippen LogP contribution in [0.5, 0.6) is 5.75 Å². The van der Waals surface area contributed by atoms with E-state index in [1.54, 1.807) is 0 Å². The number of amides is 1. The fourth-order valence-electron chi connectivity index (χ4n) is 2.12. The molecular formula is C15H23ClN2O3. The Bertz CT molecular complexity index is 419. The number of ether oxygens (including phenoxy) is 2. The lowest BCUT2D eigenvalue weighted by atomic mass is 10.0. The maximum Gasteiger partial charge on any atom is 0.225 e. The van der Waals surface area contributed by atoms with Crippen LogP contribution in [0.3, 0.4) is 0 Å². The summed E-state index contributed by atoms with van der Waals surface area (Å²) in [5.41, 5.74) is 6.09. The van der Waals surface area contributed by atoms with Gasteiger partial charge >= 0.3 is 0 Å². The summed E-state index contributed by atoms with van der Waals surface area (Å²) in [6.07, 6.45) is 2.46. The van der Waals surface area contributed by atoms with Crippen molar-refractivity contribution in [2.24, 2.45) is 11.7 Å². The van der Waals surface area contributed by atoms with Crippen LogP contribution < -0.4 is 15.8 Å². The van der Waals surface area contributed by atoms with E-state index in [4.69, 9.17) is 15.2 Å². The third kappa shape index (κ3) is 6.33. The molecule has 3 N–H and O–H groups in total. The minimum Gasteiger partial charge on any atom is -0.493 e. The standard InChI is InChI=1S/C15H22N2O3.ClH/c16-8-5-15(18)17-13-1-3-14(4-2-13)20-11-12-6-9-19-10-7-12;/h1-4,12H,5-11,16H2,(H,17,18);1H. The van der Waals surface area contributed by atoms with Gasteiger partial charge in [0.05, 0.1) is 6.61 Å². The molecular weight excluding hydrogens is 292 g/mol. The molecule has 1 aromatic rings. The van der Waals surface area contributed by atoms with Crippen LogP contribution in [0.4, 0.5) is 5.69 Å². The fraction of sp³-hybridized carbons (Fsp3) is 0.533. The lowest BCUT2D eigenvalue weighted by molar-refractivity contribution is -0.116. The normalized spacial score (nSPS) is 15.1. The summed E-state index contributed by atoms with van der Waals surface area (Å²) >= 11 is 0. The Morgan fingerprint density at radius 1 is 1.29 bits per heavy atom. The van der Waals surface area contributed by atoms with Crippen molar-refractivity contribution >= 4 is 24.0 Å². The second-order valence-corrected chi connectivity index (χ2v) is 4.98. The summed E-state index contributed by atoms with van der Waals surface area (Å²) < 4.78 is 11.1. The van der Waals surface area contributed by atoms with E-state index >= 15 is 0 Å². The number of nitrogens with one attached hydrogen (secondary N) is 1. The lowest BCUT2D eigenvalue weighted by Crippen LogP contribution is -2.21. The zero-order chi connectivity index (χ0) is 14.2. The van der Waals surface area contributed by atoms with Gasteiger partial charge in [0.15, 0.2) is 0 Å². The first-order chi connectivity index (χ1) is 9.78. The van der Waals surface area contributed by atoms with Gasteiger partial charge in [0, 0.05) is 31.9 Å². The van der Waals surface area contributed by atoms with Crippen molar-refractivity contribution in [3.8, 4) is 5.75 Å². The Labute approximate surface area is 131 Å². The molecule has 1 aromatic carbocycles. The quantitative estimate of drug-likeness (QED) is 0.844. The first-order valence-electron chi connectivity index (χ1n) is 7.08. The Kier molecular flexibility index (Phi) is 8.12. The molecule has 1 aliphatic rings. The second-order valence-electron chi connectivity index (χ2n) is 4.98. The summed E-state index contributed by atoms with van der Waals surface area (Å²) in [5, 5.41) is 2.78. The topological polar surface area (TPSA) is 73.6 Å². The molecule has 0 aliphatic carbocycles. The first-order valence-corrected chi connectivity index (χ1v) is 7.08. The van der Waals surface area contributed by atoms with Crippen molar-refractivity contribution in [3.63, 3.8) is 0 Å². The summed E-state index contributed by atoms with van der Waals surface area (Å²) in [7, 11) is 0. The van der Waals surface area contributed by atoms with Crippen LogP contribution in [-0.2, 0) is 9.53 Å². The molecule has 0 spiro atoms. The third-order valence-corrected chi connectivity index (χ3v) is 3.34. The Hall–Kier alpha value is -1.30. The molecule has 0 radical (unpaired) electrons. The van der Waals surface area contributed by atoms with Crippen molar-refractivity contribution in [1.82, 2.24) is 0 Å². The van der Waals surface area contributed by atoms with E-state index in [2.05, 4.69) is 5.32 Å². The first kappa shape index (κ1) is 17.8. The number of hydrogen-bond donors (Lipinski definition) is 2. The van der Waals surface area contributed by atoms with Gasteiger partial charge in [-0.1, -0.05) is 0 Å². The van der Waals surface area contributed by atoms with Crippen LogP contribution >= 0.6 is 12.4 Å². The molecule has 1 heterocycles. The summed E-state index contributed by atoms with van der Waals surface area (Å²) in [4.78, 5) is 11.4. The third-order valence-electron chi connectivity index (χ3n) is 3.34. The van der Waals surface area contributed by atoms with Gasteiger partial charge in [-0.3, -0.25) is 4.79 Å². The van der Waals surface area contributed by atoms with Crippen LogP contribution in [0.1, 0.15) is 19.3 Å². The maximum absolute atomic E-state index is 11.4. The number of carbonyl (C=O) groups excluding carboxylic acids is 1. The van der Waals surface area contributed by atoms with Crippen molar-refractivity contribution in [2.75, 3.05) is 31.7 Å². The number of halogens is 1. The highest BCUT2D eigenvalue weighted by Gasteiger charge is 2.14. The van der Waals surface area contributed by atoms with Crippen molar-refractivity contribution < 1.29 is 14.3 Å². The van der Waals surface area contributed by atoms with E-state index < -0.39 is 0 Å². The van der Waals surface area contributed by atoms with Gasteiger partial charge in [-0.2, -0.15) is 0 Å². The molecule has 21 heavy (non-hydrogen) atoms. The SMILES string of the molecule is Cl.NCCC(=O)Nc1ccc(OCC2CCOCC2)cc1. The van der Waals surface area contributed by atoms with Crippen molar-refractivity contribution in [2.45, 2.75) is 19.3 Å². The van der Waals surface area contributed by atoms with Gasteiger partial charge in [0.25, 0.3) is 0 Å². The monoisotopic (exact) mass is 314 g/mol. The highest BCUT2D eigenvalue weighted by atomic mass is 35.5. The molecule has 0 unspecified atom stereocenters. The van der Waals surface area contributed by atoms with Gasteiger partial charge in [0.2, 0.25) is 5.91 Å². The summed E-state index contributed by atoms with van der Waals surface area (Å²) in [6, 6.07) is 7.43. The largest absolute Gasteiger partial charge is 0.493 e. The number of rotatable bonds is 6. The number of carbonyl (C=O) groups is 1. The summed E-state index contributed by atoms with van der Waals surface area (Å²) in [6.45, 7) is 2.75. The van der Waals surface area contributed by atoms with Gasteiger partial charge < -0.3 is 20.5 Å². The molecule has 2 rings (SSSR count). The van der Waals surface area contributed by atoms with Crippen molar-refractivity contribution in [1.29, 1.82) is 0 Å². The van der Waals surface area contributed by atoms with Crippen LogP contribution in [-0.4, -0.2) is 32.3 Å². The smallest absolute Gasteiger partial charge is 0.225 e. The van der Waals surface area contributed by atoms with Crippen LogP contribution in [0.15, 0.2) is 24.3 Å². The molecule has 0 atom stereocenters. The zero-order valence-corrected chi connectivity index (χ0v) is 12.9. The minimum absolute atomic E-state index is 0. The Balaban J connectivity index is 0.00000220.